The first-order valence-corrected chi connectivity index (χ1v) is 5.63. The van der Waals surface area contributed by atoms with Crippen molar-refractivity contribution in [3.63, 3.8) is 0 Å². The maximum absolute atomic E-state index is 4.03. The van der Waals surface area contributed by atoms with E-state index in [2.05, 4.69) is 38.3 Å². The molecule has 0 aliphatic rings. The summed E-state index contributed by atoms with van der Waals surface area (Å²) in [6.07, 6.45) is 0. The molecular weight excluding hydrogens is 102 g/mol. The monoisotopic (exact) mass is 116 g/mol. The van der Waals surface area contributed by atoms with Gasteiger partial charge in [0, 0.05) is 6.55 Å². The molecule has 0 spiro atoms. The van der Waals surface area contributed by atoms with Crippen molar-refractivity contribution in [2.24, 2.45) is 0 Å². The summed E-state index contributed by atoms with van der Waals surface area (Å²) in [5.74, 6) is 0. The summed E-state index contributed by atoms with van der Waals surface area (Å²) in [6, 6.07) is 0. The molecule has 7 heavy (non-hydrogen) atoms. The van der Waals surface area contributed by atoms with Gasteiger partial charge in [-0.1, -0.05) is 0 Å². The first kappa shape index (κ1) is 7.05. The Hall–Kier alpha value is 0.0469. The number of nitrogens with zero attached hydrogens (tertiary/aromatic N) is 1. The Labute approximate surface area is 47.4 Å². The average Bonchev–Trinajstić information content (AvgIpc) is 1.31. The van der Waals surface area contributed by atoms with E-state index < -0.39 is 8.24 Å². The molecule has 0 aromatic rings. The van der Waals surface area contributed by atoms with Crippen LogP contribution in [0.1, 0.15) is 0 Å². The van der Waals surface area contributed by atoms with Gasteiger partial charge in [0.15, 0.2) is 0 Å². The Morgan fingerprint density at radius 2 is 1.43 bits per heavy atom. The topological polar surface area (TPSA) is 3.24 Å². The highest BCUT2D eigenvalue weighted by Gasteiger charge is 2.26. The smallest absolute Gasteiger partial charge is 0.292 e. The molecule has 0 rings (SSSR count). The van der Waals surface area contributed by atoms with Gasteiger partial charge in [0.1, 0.15) is 0 Å². The standard InChI is InChI=1S/C5H14NSi/c1-6(2)7(3,4)5/h3H2,1-2,4-5H3/q+1. The average molecular weight is 116 g/mol. The van der Waals surface area contributed by atoms with E-state index >= 15 is 0 Å². The summed E-state index contributed by atoms with van der Waals surface area (Å²) in [5.41, 5.74) is 0. The minimum atomic E-state index is -1.15. The van der Waals surface area contributed by atoms with Crippen LogP contribution in [0.5, 0.6) is 0 Å². The predicted molar refractivity (Wildman–Crippen MR) is 36.5 cm³/mol. The molecule has 0 heterocycles. The lowest BCUT2D eigenvalue weighted by molar-refractivity contribution is 0.632. The second-order valence-electron chi connectivity index (χ2n) is 2.71. The molecule has 0 radical (unpaired) electrons. The molecule has 1 nitrogen and oxygen atoms in total. The predicted octanol–water partition coefficient (Wildman–Crippen LogP) is 1.13. The summed E-state index contributed by atoms with van der Waals surface area (Å²) in [5, 5.41) is 0. The molecule has 0 saturated heterocycles. The molecule has 0 atom stereocenters. The van der Waals surface area contributed by atoms with Crippen molar-refractivity contribution in [3.05, 3.63) is 6.55 Å². The minimum Gasteiger partial charge on any atom is -0.292 e. The van der Waals surface area contributed by atoms with Gasteiger partial charge in [-0.05, 0) is 27.2 Å². The molecule has 0 N–H and O–H groups in total. The van der Waals surface area contributed by atoms with E-state index in [9.17, 15) is 0 Å². The van der Waals surface area contributed by atoms with Gasteiger partial charge in [0.2, 0.25) is 0 Å². The maximum atomic E-state index is 4.03. The van der Waals surface area contributed by atoms with E-state index in [1.807, 2.05) is 0 Å². The zero-order valence-electron chi connectivity index (χ0n) is 5.65. The molecule has 0 aliphatic carbocycles. The van der Waals surface area contributed by atoms with Crippen LogP contribution in [0.3, 0.4) is 0 Å². The van der Waals surface area contributed by atoms with Crippen molar-refractivity contribution in [2.75, 3.05) is 14.1 Å². The van der Waals surface area contributed by atoms with E-state index in [0.717, 1.165) is 0 Å². The van der Waals surface area contributed by atoms with Crippen LogP contribution in [0.4, 0.5) is 0 Å². The van der Waals surface area contributed by atoms with Crippen molar-refractivity contribution in [1.82, 2.24) is 4.57 Å². The fourth-order valence-electron chi connectivity index (χ4n) is 0. The summed E-state index contributed by atoms with van der Waals surface area (Å²) in [6.45, 7) is 8.47. The third kappa shape index (κ3) is 2.71. The van der Waals surface area contributed by atoms with Crippen LogP contribution in [0.15, 0.2) is 0 Å². The van der Waals surface area contributed by atoms with Crippen molar-refractivity contribution >= 4 is 8.24 Å². The largest absolute Gasteiger partial charge is 0.338 e. The van der Waals surface area contributed by atoms with Gasteiger partial charge in [-0.25, -0.2) is 0 Å². The van der Waals surface area contributed by atoms with E-state index in [4.69, 9.17) is 0 Å². The lowest BCUT2D eigenvalue weighted by Crippen LogP contribution is -2.40. The van der Waals surface area contributed by atoms with Crippen molar-refractivity contribution in [2.45, 2.75) is 13.1 Å². The number of hydrogen-bond acceptors (Lipinski definition) is 1. The molecule has 2 heteroatoms. The zero-order chi connectivity index (χ0) is 6.08. The highest BCUT2D eigenvalue weighted by atomic mass is 28.3. The van der Waals surface area contributed by atoms with Gasteiger partial charge in [-0.15, -0.1) is 0 Å². The van der Waals surface area contributed by atoms with E-state index in [-0.39, 0.29) is 0 Å². The second-order valence-corrected chi connectivity index (χ2v) is 7.23. The van der Waals surface area contributed by atoms with Crippen molar-refractivity contribution in [3.8, 4) is 0 Å². The second kappa shape index (κ2) is 1.88. The molecule has 0 unspecified atom stereocenters. The lowest BCUT2D eigenvalue weighted by Gasteiger charge is -2.15. The lowest BCUT2D eigenvalue weighted by atomic mass is 11.3. The van der Waals surface area contributed by atoms with Gasteiger partial charge < -0.3 is 0 Å². The zero-order valence-corrected chi connectivity index (χ0v) is 6.65. The fraction of sp³-hybridized carbons (Fsp3) is 0.800. The Morgan fingerprint density at radius 1 is 1.29 bits per heavy atom. The number of hydrogen-bond donors (Lipinski definition) is 0. The summed E-state index contributed by atoms with van der Waals surface area (Å²) in [4.78, 5) is 0. The van der Waals surface area contributed by atoms with Gasteiger partial charge in [-0.2, -0.15) is 0 Å². The van der Waals surface area contributed by atoms with Crippen LogP contribution in [0, 0.1) is 6.55 Å². The van der Waals surface area contributed by atoms with E-state index in [0.29, 0.717) is 0 Å². The van der Waals surface area contributed by atoms with Crippen LogP contribution < -0.4 is 0 Å². The molecule has 0 aliphatic heterocycles. The Bertz CT molecular complexity index is 53.6. The number of rotatable bonds is 1. The molecule has 0 aromatic carbocycles. The first-order chi connectivity index (χ1) is 2.94. The van der Waals surface area contributed by atoms with E-state index in [1.54, 1.807) is 0 Å². The SMILES string of the molecule is [CH2+][Si](C)(C)N(C)C. The molecule has 0 fully saturated rings. The highest BCUT2D eigenvalue weighted by Crippen LogP contribution is 1.99. The summed E-state index contributed by atoms with van der Waals surface area (Å²) >= 11 is 0. The van der Waals surface area contributed by atoms with Crippen LogP contribution in [-0.4, -0.2) is 26.9 Å². The van der Waals surface area contributed by atoms with Crippen molar-refractivity contribution < 1.29 is 0 Å². The normalized spacial score (nSPS) is 12.7. The Balaban J connectivity index is 3.54. The van der Waals surface area contributed by atoms with Crippen LogP contribution in [-0.2, 0) is 0 Å². The van der Waals surface area contributed by atoms with Gasteiger partial charge in [0.25, 0.3) is 0 Å². The van der Waals surface area contributed by atoms with Crippen molar-refractivity contribution in [1.29, 1.82) is 0 Å². The summed E-state index contributed by atoms with van der Waals surface area (Å²) in [7, 11) is 3.01. The van der Waals surface area contributed by atoms with Crippen LogP contribution in [0.2, 0.25) is 13.1 Å². The van der Waals surface area contributed by atoms with E-state index in [1.165, 1.54) is 0 Å². The van der Waals surface area contributed by atoms with Gasteiger partial charge >= 0.3 is 8.24 Å². The molecule has 42 valence electrons. The highest BCUT2D eigenvalue weighted by molar-refractivity contribution is 6.76. The first-order valence-electron chi connectivity index (χ1n) is 2.47. The minimum absolute atomic E-state index is 1.15. The maximum Gasteiger partial charge on any atom is 0.338 e. The Morgan fingerprint density at radius 3 is 1.43 bits per heavy atom. The quantitative estimate of drug-likeness (QED) is 0.366. The third-order valence-electron chi connectivity index (χ3n) is 1.21. The molecule has 0 bridgehead atoms. The molecule has 0 saturated carbocycles. The van der Waals surface area contributed by atoms with Gasteiger partial charge in [0.05, 0.1) is 0 Å². The van der Waals surface area contributed by atoms with Crippen LogP contribution >= 0.6 is 0 Å². The molecule has 0 aromatic heterocycles. The fourth-order valence-corrected chi connectivity index (χ4v) is 0. The molecular formula is C5H14NSi+. The summed E-state index contributed by atoms with van der Waals surface area (Å²) < 4.78 is 2.22. The Kier molecular flexibility index (Phi) is 1.89. The third-order valence-corrected chi connectivity index (χ3v) is 3.63. The van der Waals surface area contributed by atoms with Crippen LogP contribution in [0.25, 0.3) is 0 Å². The molecule has 0 amide bonds. The van der Waals surface area contributed by atoms with Gasteiger partial charge in [-0.3, -0.25) is 4.57 Å².